The third-order valence-corrected chi connectivity index (χ3v) is 7.07. The van der Waals surface area contributed by atoms with Crippen LogP contribution < -0.4 is 9.47 Å². The Morgan fingerprint density at radius 2 is 1.10 bits per heavy atom. The number of rotatable bonds is 3. The number of aryl methyl sites for hydroxylation is 4. The first kappa shape index (κ1) is 34.3. The number of benzene rings is 4. The summed E-state index contributed by atoms with van der Waals surface area (Å²) in [7, 11) is 3.39. The van der Waals surface area contributed by atoms with Gasteiger partial charge in [-0.25, -0.2) is 0 Å². The van der Waals surface area contributed by atoms with Gasteiger partial charge in [-0.15, -0.1) is 0 Å². The molecule has 0 atom stereocenters. The Morgan fingerprint density at radius 3 is 1.60 bits per heavy atom. The van der Waals surface area contributed by atoms with Crippen LogP contribution >= 0.6 is 0 Å². The van der Waals surface area contributed by atoms with E-state index >= 15 is 0 Å². The third kappa shape index (κ3) is 9.30. The zero-order valence-electron chi connectivity index (χ0n) is 27.6. The van der Waals surface area contributed by atoms with Crippen LogP contribution in [0.1, 0.15) is 74.9 Å². The zero-order chi connectivity index (χ0) is 31.8. The minimum Gasteiger partial charge on any atom is -0.508 e. The molecule has 4 rings (SSSR count). The molecule has 0 unspecified atom stereocenters. The van der Waals surface area contributed by atoms with Gasteiger partial charge in [-0.1, -0.05) is 95.1 Å². The lowest BCUT2D eigenvalue weighted by atomic mass is 9.85. The van der Waals surface area contributed by atoms with E-state index in [0.29, 0.717) is 11.5 Å². The summed E-state index contributed by atoms with van der Waals surface area (Å²) >= 11 is 0. The van der Waals surface area contributed by atoms with Gasteiger partial charge in [0, 0.05) is 5.56 Å². The van der Waals surface area contributed by atoms with Gasteiger partial charge < -0.3 is 19.7 Å². The van der Waals surface area contributed by atoms with Gasteiger partial charge in [-0.05, 0) is 96.7 Å². The van der Waals surface area contributed by atoms with Crippen molar-refractivity contribution >= 4 is 0 Å². The van der Waals surface area contributed by atoms with Crippen LogP contribution in [0.2, 0.25) is 0 Å². The lowest BCUT2D eigenvalue weighted by Gasteiger charge is -2.20. The molecule has 2 N–H and O–H groups in total. The van der Waals surface area contributed by atoms with Gasteiger partial charge in [0.05, 0.1) is 14.2 Å². The smallest absolute Gasteiger partial charge is 0.126 e. The maximum atomic E-state index is 9.73. The normalized spacial score (nSPS) is 11.0. The number of phenolic OH excluding ortho intramolecular Hbond substituents is 2. The van der Waals surface area contributed by atoms with Crippen molar-refractivity contribution in [2.45, 2.75) is 80.1 Å². The summed E-state index contributed by atoms with van der Waals surface area (Å²) in [6.45, 7) is 20.7. The Kier molecular flexibility index (Phi) is 11.7. The fourth-order valence-electron chi connectivity index (χ4n) is 4.61. The molecule has 0 bridgehead atoms. The molecule has 0 aliphatic carbocycles. The first-order valence-electron chi connectivity index (χ1n) is 14.4. The molecule has 0 fully saturated rings. The molecule has 226 valence electrons. The number of methoxy groups -OCH3 is 2. The highest BCUT2D eigenvalue weighted by Crippen LogP contribution is 2.34. The van der Waals surface area contributed by atoms with Crippen molar-refractivity contribution in [3.63, 3.8) is 0 Å². The molecule has 0 aliphatic rings. The van der Waals surface area contributed by atoms with Crippen molar-refractivity contribution in [2.75, 3.05) is 14.2 Å². The summed E-state index contributed by atoms with van der Waals surface area (Å²) in [5.74, 6) is 2.63. The van der Waals surface area contributed by atoms with Gasteiger partial charge in [-0.3, -0.25) is 0 Å². The Balaban J connectivity index is 0.000000228. The van der Waals surface area contributed by atoms with Crippen LogP contribution in [0.3, 0.4) is 0 Å². The Hall–Kier alpha value is -3.92. The van der Waals surface area contributed by atoms with Crippen molar-refractivity contribution in [3.05, 3.63) is 106 Å². The second kappa shape index (κ2) is 14.3. The fourth-order valence-corrected chi connectivity index (χ4v) is 4.61. The van der Waals surface area contributed by atoms with E-state index in [4.69, 9.17) is 9.47 Å². The number of para-hydroxylation sites is 1. The summed E-state index contributed by atoms with van der Waals surface area (Å²) in [6.07, 6.45) is 0. The van der Waals surface area contributed by atoms with E-state index in [9.17, 15) is 10.2 Å². The van der Waals surface area contributed by atoms with Crippen molar-refractivity contribution < 1.29 is 19.7 Å². The molecule has 4 heteroatoms. The fraction of sp³-hybridized carbons (Fsp3) is 0.368. The van der Waals surface area contributed by atoms with Gasteiger partial charge in [0.2, 0.25) is 0 Å². The summed E-state index contributed by atoms with van der Waals surface area (Å²) in [4.78, 5) is 0. The first-order valence-corrected chi connectivity index (χ1v) is 14.4. The Morgan fingerprint density at radius 1 is 0.548 bits per heavy atom. The van der Waals surface area contributed by atoms with E-state index in [1.165, 1.54) is 11.1 Å². The molecule has 4 aromatic rings. The predicted molar refractivity (Wildman–Crippen MR) is 178 cm³/mol. The second-order valence-electron chi connectivity index (χ2n) is 12.9. The van der Waals surface area contributed by atoms with Crippen LogP contribution in [-0.2, 0) is 10.8 Å². The molecular weight excluding hydrogens is 520 g/mol. The molecule has 4 aromatic carbocycles. The molecule has 0 amide bonds. The van der Waals surface area contributed by atoms with Gasteiger partial charge >= 0.3 is 0 Å². The van der Waals surface area contributed by atoms with Crippen molar-refractivity contribution in [2.24, 2.45) is 0 Å². The van der Waals surface area contributed by atoms with E-state index in [-0.39, 0.29) is 10.8 Å². The topological polar surface area (TPSA) is 58.9 Å². The standard InChI is InChI=1S/C16H18O2.2C11H16O/c1-11-5-7-16(18-4)14(9-11)13-6-8-15(17-3)12(2)10-13;1-8-5-6-10(12)9(7-8)11(2,3)4;1-8-6-5-7-9(10(8)12)11(2,3)4/h5-10H,1-4H3;2*5-7,12H,1-4H3. The predicted octanol–water partition coefficient (Wildman–Crippen LogP) is 9.98. The van der Waals surface area contributed by atoms with Crippen LogP contribution in [0.5, 0.6) is 23.0 Å². The molecule has 42 heavy (non-hydrogen) atoms. The van der Waals surface area contributed by atoms with E-state index < -0.39 is 0 Å². The quantitative estimate of drug-likeness (QED) is 0.257. The summed E-state index contributed by atoms with van der Waals surface area (Å²) in [6, 6.07) is 24.0. The van der Waals surface area contributed by atoms with Crippen LogP contribution in [-0.4, -0.2) is 24.4 Å². The van der Waals surface area contributed by atoms with Gasteiger partial charge in [-0.2, -0.15) is 0 Å². The van der Waals surface area contributed by atoms with E-state index in [1.807, 2.05) is 63.2 Å². The lowest BCUT2D eigenvalue weighted by molar-refractivity contribution is 0.411. The monoisotopic (exact) mass is 570 g/mol. The second-order valence-corrected chi connectivity index (χ2v) is 12.9. The largest absolute Gasteiger partial charge is 0.508 e. The maximum Gasteiger partial charge on any atom is 0.126 e. The Bertz CT molecular complexity index is 1460. The maximum absolute atomic E-state index is 9.73. The zero-order valence-corrected chi connectivity index (χ0v) is 27.6. The molecule has 0 heterocycles. The molecule has 0 saturated carbocycles. The number of phenols is 2. The van der Waals surface area contributed by atoms with Crippen molar-refractivity contribution in [1.29, 1.82) is 0 Å². The summed E-state index contributed by atoms with van der Waals surface area (Å²) in [5, 5.41) is 19.3. The van der Waals surface area contributed by atoms with Crippen LogP contribution in [0, 0.1) is 27.7 Å². The molecule has 0 radical (unpaired) electrons. The van der Waals surface area contributed by atoms with Crippen LogP contribution in [0.15, 0.2) is 72.8 Å². The summed E-state index contributed by atoms with van der Waals surface area (Å²) in [5.41, 5.74) is 8.83. The van der Waals surface area contributed by atoms with Crippen LogP contribution in [0.25, 0.3) is 11.1 Å². The number of hydrogen-bond acceptors (Lipinski definition) is 4. The lowest BCUT2D eigenvalue weighted by Crippen LogP contribution is -2.11. The molecule has 0 aliphatic heterocycles. The average Bonchev–Trinajstić information content (AvgIpc) is 2.91. The van der Waals surface area contributed by atoms with Gasteiger partial charge in [0.1, 0.15) is 23.0 Å². The average molecular weight is 571 g/mol. The van der Waals surface area contributed by atoms with Gasteiger partial charge in [0.15, 0.2) is 0 Å². The molecule has 0 saturated heterocycles. The highest BCUT2D eigenvalue weighted by molar-refractivity contribution is 5.72. The van der Waals surface area contributed by atoms with E-state index in [1.54, 1.807) is 20.3 Å². The molecule has 0 aromatic heterocycles. The van der Waals surface area contributed by atoms with Crippen LogP contribution in [0.4, 0.5) is 0 Å². The minimum atomic E-state index is 0.0239. The molecule has 0 spiro atoms. The molecule has 4 nitrogen and oxygen atoms in total. The number of ether oxygens (including phenoxy) is 2. The molecular formula is C38H50O4. The van der Waals surface area contributed by atoms with Crippen molar-refractivity contribution in [1.82, 2.24) is 0 Å². The number of aromatic hydroxyl groups is 2. The minimum absolute atomic E-state index is 0.0239. The third-order valence-electron chi connectivity index (χ3n) is 7.07. The first-order chi connectivity index (χ1) is 19.5. The highest BCUT2D eigenvalue weighted by atomic mass is 16.5. The Labute approximate surface area is 254 Å². The highest BCUT2D eigenvalue weighted by Gasteiger charge is 2.18. The van der Waals surface area contributed by atoms with E-state index in [2.05, 4.69) is 72.7 Å². The number of hydrogen-bond donors (Lipinski definition) is 2. The van der Waals surface area contributed by atoms with Crippen molar-refractivity contribution in [3.8, 4) is 34.1 Å². The SMILES string of the molecule is COc1ccc(-c2cc(C)ccc2OC)cc1C.Cc1ccc(O)c(C(C)(C)C)c1.Cc1cccc(C(C)(C)C)c1O. The van der Waals surface area contributed by atoms with Gasteiger partial charge in [0.25, 0.3) is 0 Å². The van der Waals surface area contributed by atoms with E-state index in [0.717, 1.165) is 44.9 Å². The summed E-state index contributed by atoms with van der Waals surface area (Å²) < 4.78 is 10.7.